The van der Waals surface area contributed by atoms with Gasteiger partial charge < -0.3 is 14.8 Å². The molecule has 3 nitrogen and oxygen atoms in total. The number of rotatable bonds is 5. The number of hydrogen-bond donors (Lipinski definition) is 1. The van der Waals surface area contributed by atoms with Gasteiger partial charge in [-0.2, -0.15) is 0 Å². The van der Waals surface area contributed by atoms with Crippen molar-refractivity contribution in [2.24, 2.45) is 5.92 Å². The number of nitrogens with one attached hydrogen (secondary N) is 1. The van der Waals surface area contributed by atoms with Crippen molar-refractivity contribution < 1.29 is 9.47 Å². The molecule has 1 aromatic carbocycles. The van der Waals surface area contributed by atoms with E-state index in [4.69, 9.17) is 9.47 Å². The van der Waals surface area contributed by atoms with Gasteiger partial charge in [-0.05, 0) is 37.0 Å². The van der Waals surface area contributed by atoms with Crippen LogP contribution in [0, 0.1) is 5.92 Å². The van der Waals surface area contributed by atoms with Gasteiger partial charge in [0.1, 0.15) is 0 Å². The van der Waals surface area contributed by atoms with Gasteiger partial charge in [-0.1, -0.05) is 19.9 Å². The SMILES string of the molecule is CC(C)CC(C)NCc1ccc2c(c1)OCO2. The van der Waals surface area contributed by atoms with Crippen LogP contribution in [0.5, 0.6) is 11.5 Å². The summed E-state index contributed by atoms with van der Waals surface area (Å²) in [4.78, 5) is 0. The molecule has 1 unspecified atom stereocenters. The molecular weight excluding hydrogens is 214 g/mol. The number of fused-ring (bicyclic) bond motifs is 1. The van der Waals surface area contributed by atoms with E-state index >= 15 is 0 Å². The number of benzene rings is 1. The van der Waals surface area contributed by atoms with Gasteiger partial charge >= 0.3 is 0 Å². The van der Waals surface area contributed by atoms with Crippen molar-refractivity contribution >= 4 is 0 Å². The summed E-state index contributed by atoms with van der Waals surface area (Å²) in [5.41, 5.74) is 1.24. The van der Waals surface area contributed by atoms with Gasteiger partial charge in [-0.15, -0.1) is 0 Å². The summed E-state index contributed by atoms with van der Waals surface area (Å²) in [6, 6.07) is 6.66. The van der Waals surface area contributed by atoms with E-state index in [1.807, 2.05) is 6.07 Å². The smallest absolute Gasteiger partial charge is 0.231 e. The largest absolute Gasteiger partial charge is 0.454 e. The zero-order valence-corrected chi connectivity index (χ0v) is 10.8. The lowest BCUT2D eigenvalue weighted by Crippen LogP contribution is -2.26. The molecule has 1 atom stereocenters. The third-order valence-electron chi connectivity index (χ3n) is 2.92. The Balaban J connectivity index is 1.87. The Morgan fingerprint density at radius 3 is 2.71 bits per heavy atom. The van der Waals surface area contributed by atoms with E-state index in [-0.39, 0.29) is 0 Å². The first-order valence-electron chi connectivity index (χ1n) is 6.27. The van der Waals surface area contributed by atoms with Crippen LogP contribution in [0.3, 0.4) is 0 Å². The summed E-state index contributed by atoms with van der Waals surface area (Å²) in [5, 5.41) is 3.53. The van der Waals surface area contributed by atoms with E-state index in [1.165, 1.54) is 12.0 Å². The second-order valence-corrected chi connectivity index (χ2v) is 5.10. The monoisotopic (exact) mass is 235 g/mol. The Morgan fingerprint density at radius 1 is 1.18 bits per heavy atom. The first-order valence-corrected chi connectivity index (χ1v) is 6.27. The molecule has 0 aromatic heterocycles. The van der Waals surface area contributed by atoms with Crippen molar-refractivity contribution in [3.05, 3.63) is 23.8 Å². The van der Waals surface area contributed by atoms with Gasteiger partial charge in [0.25, 0.3) is 0 Å². The van der Waals surface area contributed by atoms with Crippen molar-refractivity contribution in [1.29, 1.82) is 0 Å². The van der Waals surface area contributed by atoms with Crippen LogP contribution in [0.15, 0.2) is 18.2 Å². The molecule has 1 aromatic rings. The molecule has 94 valence electrons. The fraction of sp³-hybridized carbons (Fsp3) is 0.571. The third kappa shape index (κ3) is 3.37. The van der Waals surface area contributed by atoms with Crippen LogP contribution in [0.1, 0.15) is 32.8 Å². The minimum absolute atomic E-state index is 0.343. The molecule has 0 fully saturated rings. The standard InChI is InChI=1S/C14H21NO2/c1-10(2)6-11(3)15-8-12-4-5-13-14(7-12)17-9-16-13/h4-5,7,10-11,15H,6,8-9H2,1-3H3. The molecular formula is C14H21NO2. The van der Waals surface area contributed by atoms with Crippen LogP contribution in [0.2, 0.25) is 0 Å². The van der Waals surface area contributed by atoms with Gasteiger partial charge in [0, 0.05) is 12.6 Å². The van der Waals surface area contributed by atoms with Crippen molar-refractivity contribution in [2.75, 3.05) is 6.79 Å². The zero-order valence-electron chi connectivity index (χ0n) is 10.8. The fourth-order valence-electron chi connectivity index (χ4n) is 2.13. The molecule has 1 N–H and O–H groups in total. The number of ether oxygens (including phenoxy) is 2. The molecule has 1 aliphatic heterocycles. The molecule has 1 aliphatic rings. The Kier molecular flexibility index (Phi) is 3.89. The van der Waals surface area contributed by atoms with E-state index in [0.29, 0.717) is 12.8 Å². The topological polar surface area (TPSA) is 30.5 Å². The lowest BCUT2D eigenvalue weighted by Gasteiger charge is -2.16. The average molecular weight is 235 g/mol. The van der Waals surface area contributed by atoms with Gasteiger partial charge in [-0.25, -0.2) is 0 Å². The fourth-order valence-corrected chi connectivity index (χ4v) is 2.13. The summed E-state index contributed by atoms with van der Waals surface area (Å²) in [6.45, 7) is 7.95. The highest BCUT2D eigenvalue weighted by atomic mass is 16.7. The van der Waals surface area contributed by atoms with Crippen LogP contribution < -0.4 is 14.8 Å². The average Bonchev–Trinajstić information content (AvgIpc) is 2.72. The minimum Gasteiger partial charge on any atom is -0.454 e. The Morgan fingerprint density at radius 2 is 1.94 bits per heavy atom. The Labute approximate surface area is 103 Å². The van der Waals surface area contributed by atoms with Gasteiger partial charge in [0.05, 0.1) is 0 Å². The molecule has 0 bridgehead atoms. The lowest BCUT2D eigenvalue weighted by atomic mass is 10.0. The van der Waals surface area contributed by atoms with Crippen LogP contribution >= 0.6 is 0 Å². The van der Waals surface area contributed by atoms with E-state index in [9.17, 15) is 0 Å². The second-order valence-electron chi connectivity index (χ2n) is 5.10. The van der Waals surface area contributed by atoms with E-state index < -0.39 is 0 Å². The summed E-state index contributed by atoms with van der Waals surface area (Å²) >= 11 is 0. The highest BCUT2D eigenvalue weighted by Gasteiger charge is 2.13. The quantitative estimate of drug-likeness (QED) is 0.851. The van der Waals surface area contributed by atoms with E-state index in [1.54, 1.807) is 0 Å². The number of hydrogen-bond acceptors (Lipinski definition) is 3. The van der Waals surface area contributed by atoms with Gasteiger partial charge in [-0.3, -0.25) is 0 Å². The molecule has 1 heterocycles. The predicted octanol–water partition coefficient (Wildman–Crippen LogP) is 2.94. The molecule has 0 radical (unpaired) electrons. The second kappa shape index (κ2) is 5.41. The van der Waals surface area contributed by atoms with E-state index in [0.717, 1.165) is 24.0 Å². The van der Waals surface area contributed by atoms with Crippen molar-refractivity contribution in [1.82, 2.24) is 5.32 Å². The van der Waals surface area contributed by atoms with Crippen molar-refractivity contribution in [3.8, 4) is 11.5 Å². The first kappa shape index (κ1) is 12.2. The molecule has 0 amide bonds. The molecule has 0 saturated carbocycles. The summed E-state index contributed by atoms with van der Waals surface area (Å²) in [7, 11) is 0. The van der Waals surface area contributed by atoms with E-state index in [2.05, 4.69) is 38.2 Å². The molecule has 0 saturated heterocycles. The van der Waals surface area contributed by atoms with Crippen LogP contribution in [-0.4, -0.2) is 12.8 Å². The lowest BCUT2D eigenvalue weighted by molar-refractivity contribution is 0.174. The Hall–Kier alpha value is -1.22. The maximum absolute atomic E-state index is 5.36. The molecule has 0 aliphatic carbocycles. The highest BCUT2D eigenvalue weighted by molar-refractivity contribution is 5.44. The molecule has 3 heteroatoms. The summed E-state index contributed by atoms with van der Waals surface area (Å²) in [6.07, 6.45) is 1.20. The summed E-state index contributed by atoms with van der Waals surface area (Å²) < 4.78 is 10.6. The van der Waals surface area contributed by atoms with Crippen LogP contribution in [0.4, 0.5) is 0 Å². The minimum atomic E-state index is 0.343. The van der Waals surface area contributed by atoms with Gasteiger partial charge in [0.2, 0.25) is 6.79 Å². The maximum atomic E-state index is 5.36. The van der Waals surface area contributed by atoms with Crippen LogP contribution in [-0.2, 0) is 6.54 Å². The van der Waals surface area contributed by atoms with Gasteiger partial charge in [0.15, 0.2) is 11.5 Å². The third-order valence-corrected chi connectivity index (χ3v) is 2.92. The summed E-state index contributed by atoms with van der Waals surface area (Å²) in [5.74, 6) is 2.44. The first-order chi connectivity index (χ1) is 8.15. The molecule has 2 rings (SSSR count). The predicted molar refractivity (Wildman–Crippen MR) is 68.3 cm³/mol. The highest BCUT2D eigenvalue weighted by Crippen LogP contribution is 2.32. The Bertz CT molecular complexity index is 376. The zero-order chi connectivity index (χ0) is 12.3. The van der Waals surface area contributed by atoms with Crippen molar-refractivity contribution in [2.45, 2.75) is 39.8 Å². The molecule has 17 heavy (non-hydrogen) atoms. The maximum Gasteiger partial charge on any atom is 0.231 e. The molecule has 0 spiro atoms. The van der Waals surface area contributed by atoms with Crippen LogP contribution in [0.25, 0.3) is 0 Å². The van der Waals surface area contributed by atoms with Crippen molar-refractivity contribution in [3.63, 3.8) is 0 Å². The normalized spacial score (nSPS) is 15.3.